The highest BCUT2D eigenvalue weighted by atomic mass is 35.5. The quantitative estimate of drug-likeness (QED) is 0.904. The van der Waals surface area contributed by atoms with Crippen LogP contribution in [0.4, 0.5) is 0 Å². The van der Waals surface area contributed by atoms with Crippen molar-refractivity contribution >= 4 is 17.6 Å². The Balaban J connectivity index is 2.20. The Morgan fingerprint density at radius 2 is 2.05 bits per heavy atom. The molecular formula is C14H15ClO4. The Morgan fingerprint density at radius 1 is 1.37 bits per heavy atom. The standard InChI is InChI=1S/C14H15ClO4/c1-8-9(14(13(16)17)4-2-3-5-14)6-10-12(11(8)15)19-7-18-10/h6H,2-5,7H2,1H3,(H,16,17). The molecule has 0 unspecified atom stereocenters. The molecule has 19 heavy (non-hydrogen) atoms. The second-order valence-corrected chi connectivity index (χ2v) is 5.57. The van der Waals surface area contributed by atoms with E-state index in [1.807, 2.05) is 6.92 Å². The number of aliphatic carboxylic acids is 1. The molecule has 0 bridgehead atoms. The normalized spacial score (nSPS) is 19.7. The maximum absolute atomic E-state index is 11.8. The van der Waals surface area contributed by atoms with Crippen LogP contribution in [0.1, 0.15) is 36.8 Å². The Labute approximate surface area is 116 Å². The summed E-state index contributed by atoms with van der Waals surface area (Å²) in [5, 5.41) is 10.1. The van der Waals surface area contributed by atoms with Crippen molar-refractivity contribution < 1.29 is 19.4 Å². The molecule has 1 heterocycles. The van der Waals surface area contributed by atoms with Gasteiger partial charge < -0.3 is 14.6 Å². The molecule has 1 fully saturated rings. The van der Waals surface area contributed by atoms with Crippen molar-refractivity contribution in [2.24, 2.45) is 0 Å². The van der Waals surface area contributed by atoms with Crippen LogP contribution in [-0.2, 0) is 10.2 Å². The van der Waals surface area contributed by atoms with Gasteiger partial charge in [-0.05, 0) is 37.0 Å². The molecule has 0 aromatic heterocycles. The van der Waals surface area contributed by atoms with Gasteiger partial charge in [0.05, 0.1) is 10.4 Å². The molecule has 0 amide bonds. The lowest BCUT2D eigenvalue weighted by atomic mass is 9.76. The summed E-state index contributed by atoms with van der Waals surface area (Å²) in [6, 6.07) is 1.79. The number of carboxylic acids is 1. The molecule has 1 saturated carbocycles. The van der Waals surface area contributed by atoms with Crippen LogP contribution in [0.5, 0.6) is 11.5 Å². The van der Waals surface area contributed by atoms with Gasteiger partial charge in [0.1, 0.15) is 0 Å². The zero-order valence-corrected chi connectivity index (χ0v) is 11.4. The molecule has 1 aromatic rings. The van der Waals surface area contributed by atoms with Crippen LogP contribution < -0.4 is 9.47 Å². The smallest absolute Gasteiger partial charge is 0.314 e. The summed E-state index contributed by atoms with van der Waals surface area (Å²) in [6.45, 7) is 1.99. The molecular weight excluding hydrogens is 268 g/mol. The van der Waals surface area contributed by atoms with Crippen molar-refractivity contribution in [2.45, 2.75) is 38.0 Å². The summed E-state index contributed by atoms with van der Waals surface area (Å²) >= 11 is 6.29. The topological polar surface area (TPSA) is 55.8 Å². The average Bonchev–Trinajstić information content (AvgIpc) is 3.02. The van der Waals surface area contributed by atoms with E-state index in [1.165, 1.54) is 0 Å². The number of carbonyl (C=O) groups is 1. The fourth-order valence-electron chi connectivity index (χ4n) is 3.17. The fraction of sp³-hybridized carbons (Fsp3) is 0.500. The number of hydrogen-bond donors (Lipinski definition) is 1. The zero-order chi connectivity index (χ0) is 13.6. The summed E-state index contributed by atoms with van der Waals surface area (Å²) in [5.41, 5.74) is 0.733. The van der Waals surface area contributed by atoms with Crippen molar-refractivity contribution in [1.82, 2.24) is 0 Å². The van der Waals surface area contributed by atoms with Gasteiger partial charge in [-0.15, -0.1) is 0 Å². The monoisotopic (exact) mass is 282 g/mol. The number of halogens is 1. The van der Waals surface area contributed by atoms with E-state index in [0.717, 1.165) is 24.0 Å². The summed E-state index contributed by atoms with van der Waals surface area (Å²) in [4.78, 5) is 11.8. The molecule has 1 N–H and O–H groups in total. The summed E-state index contributed by atoms with van der Waals surface area (Å²) in [6.07, 6.45) is 3.16. The molecule has 0 atom stereocenters. The van der Waals surface area contributed by atoms with E-state index in [0.29, 0.717) is 29.4 Å². The first kappa shape index (κ1) is 12.6. The molecule has 1 aliphatic carbocycles. The summed E-state index contributed by atoms with van der Waals surface area (Å²) in [7, 11) is 0. The number of hydrogen-bond acceptors (Lipinski definition) is 3. The maximum Gasteiger partial charge on any atom is 0.314 e. The van der Waals surface area contributed by atoms with Crippen LogP contribution in [0.2, 0.25) is 5.02 Å². The molecule has 3 rings (SSSR count). The lowest BCUT2D eigenvalue weighted by Gasteiger charge is -2.27. The Bertz CT molecular complexity index is 547. The van der Waals surface area contributed by atoms with Crippen molar-refractivity contribution in [3.8, 4) is 11.5 Å². The summed E-state index contributed by atoms with van der Waals surface area (Å²) < 4.78 is 10.7. The van der Waals surface area contributed by atoms with E-state index < -0.39 is 11.4 Å². The first-order valence-corrected chi connectivity index (χ1v) is 6.76. The van der Waals surface area contributed by atoms with Crippen LogP contribution in [-0.4, -0.2) is 17.9 Å². The van der Waals surface area contributed by atoms with Crippen LogP contribution in [0.15, 0.2) is 6.07 Å². The predicted molar refractivity (Wildman–Crippen MR) is 70.1 cm³/mol. The van der Waals surface area contributed by atoms with Gasteiger partial charge in [0, 0.05) is 0 Å². The highest BCUT2D eigenvalue weighted by molar-refractivity contribution is 6.33. The molecule has 102 valence electrons. The number of ether oxygens (including phenoxy) is 2. The first-order valence-electron chi connectivity index (χ1n) is 6.39. The van der Waals surface area contributed by atoms with Gasteiger partial charge in [-0.2, -0.15) is 0 Å². The molecule has 0 saturated heterocycles. The van der Waals surface area contributed by atoms with Crippen molar-refractivity contribution in [1.29, 1.82) is 0 Å². The third kappa shape index (κ3) is 1.70. The van der Waals surface area contributed by atoms with E-state index in [2.05, 4.69) is 0 Å². The van der Waals surface area contributed by atoms with Gasteiger partial charge in [-0.3, -0.25) is 4.79 Å². The van der Waals surface area contributed by atoms with Gasteiger partial charge in [0.2, 0.25) is 6.79 Å². The van der Waals surface area contributed by atoms with Gasteiger partial charge in [-0.25, -0.2) is 0 Å². The minimum atomic E-state index is -0.825. The van der Waals surface area contributed by atoms with E-state index in [1.54, 1.807) is 6.07 Å². The lowest BCUT2D eigenvalue weighted by Crippen LogP contribution is -2.33. The average molecular weight is 283 g/mol. The predicted octanol–water partition coefficient (Wildman–Crippen LogP) is 3.27. The Kier molecular flexibility index (Phi) is 2.86. The van der Waals surface area contributed by atoms with E-state index in [-0.39, 0.29) is 6.79 Å². The van der Waals surface area contributed by atoms with Crippen LogP contribution in [0, 0.1) is 6.92 Å². The molecule has 1 aliphatic heterocycles. The van der Waals surface area contributed by atoms with Crippen LogP contribution in [0.3, 0.4) is 0 Å². The summed E-state index contributed by atoms with van der Waals surface area (Å²) in [5.74, 6) is 0.308. The van der Waals surface area contributed by atoms with E-state index in [9.17, 15) is 9.90 Å². The van der Waals surface area contributed by atoms with E-state index in [4.69, 9.17) is 21.1 Å². The minimum absolute atomic E-state index is 0.137. The van der Waals surface area contributed by atoms with Crippen LogP contribution >= 0.6 is 11.6 Å². The largest absolute Gasteiger partial charge is 0.481 e. The molecule has 0 spiro atoms. The van der Waals surface area contributed by atoms with Gasteiger partial charge >= 0.3 is 5.97 Å². The fourth-order valence-corrected chi connectivity index (χ4v) is 3.42. The van der Waals surface area contributed by atoms with Crippen LogP contribution in [0.25, 0.3) is 0 Å². The van der Waals surface area contributed by atoms with Gasteiger partial charge in [0.15, 0.2) is 11.5 Å². The lowest BCUT2D eigenvalue weighted by molar-refractivity contribution is -0.143. The molecule has 1 aromatic carbocycles. The number of benzene rings is 1. The number of carboxylic acid groups (broad SMARTS) is 1. The number of fused-ring (bicyclic) bond motifs is 1. The molecule has 0 radical (unpaired) electrons. The zero-order valence-electron chi connectivity index (χ0n) is 10.7. The van der Waals surface area contributed by atoms with E-state index >= 15 is 0 Å². The van der Waals surface area contributed by atoms with Crippen molar-refractivity contribution in [3.63, 3.8) is 0 Å². The number of rotatable bonds is 2. The second-order valence-electron chi connectivity index (χ2n) is 5.19. The van der Waals surface area contributed by atoms with Gasteiger partial charge in [0.25, 0.3) is 0 Å². The minimum Gasteiger partial charge on any atom is -0.481 e. The highest BCUT2D eigenvalue weighted by Gasteiger charge is 2.45. The van der Waals surface area contributed by atoms with Gasteiger partial charge in [-0.1, -0.05) is 24.4 Å². The first-order chi connectivity index (χ1) is 9.06. The Hall–Kier alpha value is -1.42. The SMILES string of the molecule is Cc1c(C2(C(=O)O)CCCC2)cc2c(c1Cl)OCO2. The van der Waals surface area contributed by atoms with Crippen molar-refractivity contribution in [2.75, 3.05) is 6.79 Å². The molecule has 4 nitrogen and oxygen atoms in total. The second kappa shape index (κ2) is 4.30. The third-order valence-corrected chi connectivity index (χ3v) is 4.69. The maximum atomic E-state index is 11.8. The highest BCUT2D eigenvalue weighted by Crippen LogP contribution is 2.49. The third-order valence-electron chi connectivity index (χ3n) is 4.23. The molecule has 5 heteroatoms. The molecule has 2 aliphatic rings. The Morgan fingerprint density at radius 3 is 2.68 bits per heavy atom. The van der Waals surface area contributed by atoms with Crippen molar-refractivity contribution in [3.05, 3.63) is 22.2 Å².